The van der Waals surface area contributed by atoms with E-state index in [0.717, 1.165) is 5.56 Å². The molecule has 5 heteroatoms. The second-order valence-electron chi connectivity index (χ2n) is 5.34. The highest BCUT2D eigenvalue weighted by atomic mass is 19.1. The number of fused-ring (bicyclic) bond motifs is 1. The summed E-state index contributed by atoms with van der Waals surface area (Å²) in [5.41, 5.74) is 2.74. The second kappa shape index (κ2) is 6.52. The van der Waals surface area contributed by atoms with E-state index in [0.29, 0.717) is 35.1 Å². The molecule has 1 N–H and O–H groups in total. The Kier molecular flexibility index (Phi) is 4.28. The van der Waals surface area contributed by atoms with E-state index in [1.807, 2.05) is 12.1 Å². The highest BCUT2D eigenvalue weighted by Crippen LogP contribution is 2.19. The predicted molar refractivity (Wildman–Crippen MR) is 86.7 cm³/mol. The summed E-state index contributed by atoms with van der Waals surface area (Å²) in [6.45, 7) is 2.30. The van der Waals surface area contributed by atoms with Gasteiger partial charge in [-0.3, -0.25) is 14.8 Å². The van der Waals surface area contributed by atoms with Crippen molar-refractivity contribution in [3.63, 3.8) is 0 Å². The smallest absolute Gasteiger partial charge is 0.252 e. The van der Waals surface area contributed by atoms with Crippen molar-refractivity contribution in [2.75, 3.05) is 6.54 Å². The number of pyridine rings is 2. The van der Waals surface area contributed by atoms with E-state index in [2.05, 4.69) is 15.3 Å². The zero-order valence-electron chi connectivity index (χ0n) is 12.7. The molecular formula is C18H16FN3O. The van der Waals surface area contributed by atoms with Crippen LogP contribution in [0.15, 0.2) is 48.8 Å². The number of carbonyl (C=O) groups is 1. The lowest BCUT2D eigenvalue weighted by Crippen LogP contribution is -2.26. The van der Waals surface area contributed by atoms with Gasteiger partial charge in [-0.15, -0.1) is 0 Å². The largest absolute Gasteiger partial charge is 0.352 e. The number of halogens is 1. The predicted octanol–water partition coefficient (Wildman–Crippen LogP) is 3.05. The van der Waals surface area contributed by atoms with Crippen LogP contribution in [0.2, 0.25) is 0 Å². The number of amides is 1. The molecule has 0 aliphatic carbocycles. The molecular weight excluding hydrogens is 293 g/mol. The van der Waals surface area contributed by atoms with Crippen molar-refractivity contribution >= 4 is 16.8 Å². The van der Waals surface area contributed by atoms with Crippen LogP contribution in [0.5, 0.6) is 0 Å². The second-order valence-corrected chi connectivity index (χ2v) is 5.34. The Labute approximate surface area is 133 Å². The van der Waals surface area contributed by atoms with E-state index >= 15 is 0 Å². The van der Waals surface area contributed by atoms with Gasteiger partial charge in [0.15, 0.2) is 0 Å². The van der Waals surface area contributed by atoms with E-state index < -0.39 is 0 Å². The molecule has 0 unspecified atom stereocenters. The molecule has 4 nitrogen and oxygen atoms in total. The van der Waals surface area contributed by atoms with Gasteiger partial charge < -0.3 is 5.32 Å². The first-order valence-corrected chi connectivity index (χ1v) is 7.37. The van der Waals surface area contributed by atoms with Crippen LogP contribution in [0, 0.1) is 12.7 Å². The maximum atomic E-state index is 13.3. The van der Waals surface area contributed by atoms with Gasteiger partial charge in [0, 0.05) is 36.1 Å². The summed E-state index contributed by atoms with van der Waals surface area (Å²) < 4.78 is 13.3. The third-order valence-electron chi connectivity index (χ3n) is 3.57. The summed E-state index contributed by atoms with van der Waals surface area (Å²) in [6.07, 6.45) is 4.20. The lowest BCUT2D eigenvalue weighted by molar-refractivity contribution is 0.0955. The molecule has 23 heavy (non-hydrogen) atoms. The Bertz CT molecular complexity index is 844. The fraction of sp³-hybridized carbons (Fsp3) is 0.167. The first-order valence-electron chi connectivity index (χ1n) is 7.37. The van der Waals surface area contributed by atoms with E-state index in [9.17, 15) is 9.18 Å². The average molecular weight is 309 g/mol. The molecule has 0 atom stereocenters. The third-order valence-corrected chi connectivity index (χ3v) is 3.57. The van der Waals surface area contributed by atoms with E-state index in [1.54, 1.807) is 31.5 Å². The first-order chi connectivity index (χ1) is 11.1. The Morgan fingerprint density at radius 1 is 1.26 bits per heavy atom. The van der Waals surface area contributed by atoms with Gasteiger partial charge in [0.2, 0.25) is 0 Å². The fourth-order valence-corrected chi connectivity index (χ4v) is 2.48. The summed E-state index contributed by atoms with van der Waals surface area (Å²) in [6, 6.07) is 9.83. The van der Waals surface area contributed by atoms with Gasteiger partial charge >= 0.3 is 0 Å². The van der Waals surface area contributed by atoms with E-state index in [-0.39, 0.29) is 11.7 Å². The first kappa shape index (κ1) is 15.1. The SMILES string of the molecule is Cc1cc(C(=O)NCCc2cccnc2)c2ccc(F)cc2n1. The van der Waals surface area contributed by atoms with Gasteiger partial charge in [0.25, 0.3) is 5.91 Å². The van der Waals surface area contributed by atoms with Crippen LogP contribution in [0.3, 0.4) is 0 Å². The number of nitrogens with zero attached hydrogens (tertiary/aromatic N) is 2. The standard InChI is InChI=1S/C18H16FN3O/c1-12-9-16(15-5-4-14(19)10-17(15)22-12)18(23)21-8-6-13-3-2-7-20-11-13/h2-5,7,9-11H,6,8H2,1H3,(H,21,23). The van der Waals surface area contributed by atoms with Crippen molar-refractivity contribution < 1.29 is 9.18 Å². The summed E-state index contributed by atoms with van der Waals surface area (Å²) >= 11 is 0. The maximum absolute atomic E-state index is 13.3. The molecule has 0 saturated heterocycles. The molecule has 2 aromatic heterocycles. The van der Waals surface area contributed by atoms with Crippen LogP contribution in [0.1, 0.15) is 21.6 Å². The Hall–Kier alpha value is -2.82. The highest BCUT2D eigenvalue weighted by molar-refractivity contribution is 6.06. The lowest BCUT2D eigenvalue weighted by atomic mass is 10.1. The summed E-state index contributed by atoms with van der Waals surface area (Å²) in [4.78, 5) is 20.8. The highest BCUT2D eigenvalue weighted by Gasteiger charge is 2.12. The zero-order chi connectivity index (χ0) is 16.2. The van der Waals surface area contributed by atoms with Gasteiger partial charge in [-0.25, -0.2) is 4.39 Å². The van der Waals surface area contributed by atoms with Crippen LogP contribution < -0.4 is 5.32 Å². The van der Waals surface area contributed by atoms with Crippen molar-refractivity contribution in [2.45, 2.75) is 13.3 Å². The number of carbonyl (C=O) groups excluding carboxylic acids is 1. The van der Waals surface area contributed by atoms with Crippen LogP contribution in [-0.2, 0) is 6.42 Å². The zero-order valence-corrected chi connectivity index (χ0v) is 12.7. The van der Waals surface area contributed by atoms with Crippen LogP contribution in [0.25, 0.3) is 10.9 Å². The van der Waals surface area contributed by atoms with Crippen LogP contribution in [0.4, 0.5) is 4.39 Å². The number of aryl methyl sites for hydroxylation is 1. The average Bonchev–Trinajstić information content (AvgIpc) is 2.54. The molecule has 116 valence electrons. The van der Waals surface area contributed by atoms with Gasteiger partial charge in [0.05, 0.1) is 11.1 Å². The normalized spacial score (nSPS) is 10.7. The van der Waals surface area contributed by atoms with Gasteiger partial charge in [-0.1, -0.05) is 6.07 Å². The number of rotatable bonds is 4. The van der Waals surface area contributed by atoms with Gasteiger partial charge in [-0.2, -0.15) is 0 Å². The quantitative estimate of drug-likeness (QED) is 0.806. The molecule has 3 aromatic rings. The summed E-state index contributed by atoms with van der Waals surface area (Å²) in [7, 11) is 0. The molecule has 0 fully saturated rings. The third kappa shape index (κ3) is 3.51. The molecule has 1 amide bonds. The van der Waals surface area contributed by atoms with Crippen LogP contribution in [-0.4, -0.2) is 22.4 Å². The molecule has 0 aliphatic heterocycles. The van der Waals surface area contributed by atoms with Gasteiger partial charge in [0.1, 0.15) is 5.82 Å². The molecule has 0 aliphatic rings. The van der Waals surface area contributed by atoms with Crippen molar-refractivity contribution in [3.8, 4) is 0 Å². The van der Waals surface area contributed by atoms with Crippen LogP contribution >= 0.6 is 0 Å². The number of hydrogen-bond acceptors (Lipinski definition) is 3. The minimum Gasteiger partial charge on any atom is -0.352 e. The number of benzene rings is 1. The fourth-order valence-electron chi connectivity index (χ4n) is 2.48. The molecule has 0 bridgehead atoms. The van der Waals surface area contributed by atoms with Gasteiger partial charge in [-0.05, 0) is 43.2 Å². The van der Waals surface area contributed by atoms with E-state index in [4.69, 9.17) is 0 Å². The monoisotopic (exact) mass is 309 g/mol. The molecule has 0 radical (unpaired) electrons. The molecule has 2 heterocycles. The van der Waals surface area contributed by atoms with Crippen molar-refractivity contribution in [3.05, 3.63) is 71.4 Å². The number of aromatic nitrogens is 2. The molecule has 0 spiro atoms. The minimum atomic E-state index is -0.362. The Balaban J connectivity index is 1.78. The molecule has 0 saturated carbocycles. The number of nitrogens with one attached hydrogen (secondary N) is 1. The Morgan fingerprint density at radius 3 is 2.91 bits per heavy atom. The molecule has 3 rings (SSSR count). The maximum Gasteiger partial charge on any atom is 0.252 e. The number of hydrogen-bond donors (Lipinski definition) is 1. The van der Waals surface area contributed by atoms with Crippen molar-refractivity contribution in [1.82, 2.24) is 15.3 Å². The van der Waals surface area contributed by atoms with Crippen molar-refractivity contribution in [2.24, 2.45) is 0 Å². The lowest BCUT2D eigenvalue weighted by Gasteiger charge is -2.09. The topological polar surface area (TPSA) is 54.9 Å². The summed E-state index contributed by atoms with van der Waals surface area (Å²) in [5.74, 6) is -0.547. The minimum absolute atomic E-state index is 0.184. The van der Waals surface area contributed by atoms with E-state index in [1.165, 1.54) is 12.1 Å². The molecule has 1 aromatic carbocycles. The van der Waals surface area contributed by atoms with Crippen molar-refractivity contribution in [1.29, 1.82) is 0 Å². The summed E-state index contributed by atoms with van der Waals surface area (Å²) in [5, 5.41) is 3.54. The Morgan fingerprint density at radius 2 is 2.13 bits per heavy atom.